The van der Waals surface area contributed by atoms with Gasteiger partial charge in [-0.15, -0.1) is 0 Å². The van der Waals surface area contributed by atoms with Gasteiger partial charge in [-0.25, -0.2) is 9.18 Å². The first kappa shape index (κ1) is 25.0. The first-order valence-corrected chi connectivity index (χ1v) is 10.1. The number of nitro benzene ring substituents is 1. The van der Waals surface area contributed by atoms with Crippen molar-refractivity contribution in [2.45, 2.75) is 12.2 Å². The van der Waals surface area contributed by atoms with Crippen molar-refractivity contribution in [2.75, 3.05) is 45.2 Å². The van der Waals surface area contributed by atoms with E-state index in [1.165, 1.54) is 24.1 Å². The van der Waals surface area contributed by atoms with Crippen molar-refractivity contribution in [3.8, 4) is 11.5 Å². The van der Waals surface area contributed by atoms with Crippen LogP contribution in [0.4, 0.5) is 33.7 Å². The van der Waals surface area contributed by atoms with Crippen LogP contribution in [0.5, 0.6) is 11.5 Å². The maximum Gasteiger partial charge on any atom is 0.422 e. The molecule has 2 aromatic rings. The van der Waals surface area contributed by atoms with Gasteiger partial charge < -0.3 is 19.6 Å². The maximum atomic E-state index is 14.3. The fourth-order valence-electron chi connectivity index (χ4n) is 3.77. The molecule has 1 aliphatic rings. The zero-order valence-corrected chi connectivity index (χ0v) is 18.3. The summed E-state index contributed by atoms with van der Waals surface area (Å²) in [6.45, 7) is 0.103. The van der Waals surface area contributed by atoms with Gasteiger partial charge in [-0.1, -0.05) is 12.1 Å². The molecule has 1 N–H and O–H groups in total. The lowest BCUT2D eigenvalue weighted by Gasteiger charge is -2.42. The minimum atomic E-state index is -5.07. The van der Waals surface area contributed by atoms with E-state index in [2.05, 4.69) is 0 Å². The molecule has 1 atom stereocenters. The fraction of sp³-hybridized carbons (Fsp3) is 0.381. The summed E-state index contributed by atoms with van der Waals surface area (Å²) in [4.78, 5) is 26.0. The van der Waals surface area contributed by atoms with Gasteiger partial charge in [0.15, 0.2) is 11.6 Å². The van der Waals surface area contributed by atoms with Crippen LogP contribution in [0.3, 0.4) is 0 Å². The van der Waals surface area contributed by atoms with Crippen molar-refractivity contribution >= 4 is 17.5 Å². The van der Waals surface area contributed by atoms with Gasteiger partial charge in [-0.3, -0.25) is 15.0 Å². The summed E-state index contributed by atoms with van der Waals surface area (Å²) < 4.78 is 62.1. The van der Waals surface area contributed by atoms with Gasteiger partial charge in [0.25, 0.3) is 5.69 Å². The standard InChI is InChI=1S/C21H22F4N4O5/c1-26-9-10-28(12-13(26)11-27(2)20(30)31)19-15(29(32)33)7-8-17(18(19)21(23,24)25)34-16-6-4-3-5-14(16)22/h3-8,13H,9-12H2,1-2H3,(H,30,31)/t13-/m0/s1. The summed E-state index contributed by atoms with van der Waals surface area (Å²) in [6, 6.07) is 6.02. The van der Waals surface area contributed by atoms with Gasteiger partial charge in [0.1, 0.15) is 17.0 Å². The second-order valence-electron chi connectivity index (χ2n) is 7.84. The van der Waals surface area contributed by atoms with Crippen LogP contribution < -0.4 is 9.64 Å². The molecule has 1 amide bonds. The van der Waals surface area contributed by atoms with Gasteiger partial charge in [0.05, 0.1) is 4.92 Å². The second-order valence-corrected chi connectivity index (χ2v) is 7.84. The summed E-state index contributed by atoms with van der Waals surface area (Å²) in [5.41, 5.74) is -2.90. The van der Waals surface area contributed by atoms with Crippen LogP contribution in [0.15, 0.2) is 36.4 Å². The van der Waals surface area contributed by atoms with E-state index < -0.39 is 57.5 Å². The van der Waals surface area contributed by atoms with Gasteiger partial charge in [0, 0.05) is 45.3 Å². The zero-order valence-electron chi connectivity index (χ0n) is 18.3. The topological polar surface area (TPSA) is 99.4 Å². The Kier molecular flexibility index (Phi) is 7.15. The number of hydrogen-bond acceptors (Lipinski definition) is 6. The Hall–Kier alpha value is -3.61. The number of carboxylic acid groups (broad SMARTS) is 1. The smallest absolute Gasteiger partial charge is 0.422 e. The highest BCUT2D eigenvalue weighted by molar-refractivity contribution is 5.73. The number of nitrogens with zero attached hydrogens (tertiary/aromatic N) is 4. The minimum Gasteiger partial charge on any atom is -0.465 e. The molecule has 3 rings (SSSR count). The Labute approximate surface area is 191 Å². The Morgan fingerprint density at radius 2 is 1.91 bits per heavy atom. The molecule has 184 valence electrons. The van der Waals surface area contributed by atoms with E-state index in [-0.39, 0.29) is 26.2 Å². The number of halogens is 4. The van der Waals surface area contributed by atoms with E-state index in [4.69, 9.17) is 9.84 Å². The molecule has 0 bridgehead atoms. The number of ether oxygens (including phenoxy) is 1. The van der Waals surface area contributed by atoms with Crippen molar-refractivity contribution in [1.82, 2.24) is 9.80 Å². The van der Waals surface area contributed by atoms with Crippen molar-refractivity contribution in [3.63, 3.8) is 0 Å². The van der Waals surface area contributed by atoms with Crippen molar-refractivity contribution < 1.29 is 37.1 Å². The first-order valence-electron chi connectivity index (χ1n) is 10.1. The normalized spacial score (nSPS) is 16.9. The number of nitro groups is 1. The molecule has 0 spiro atoms. The average molecular weight is 486 g/mol. The van der Waals surface area contributed by atoms with Gasteiger partial charge in [-0.05, 0) is 25.2 Å². The predicted molar refractivity (Wildman–Crippen MR) is 114 cm³/mol. The van der Waals surface area contributed by atoms with E-state index >= 15 is 0 Å². The average Bonchev–Trinajstić information content (AvgIpc) is 2.75. The third-order valence-corrected chi connectivity index (χ3v) is 5.56. The molecule has 0 radical (unpaired) electrons. The molecular formula is C21H22F4N4O5. The van der Waals surface area contributed by atoms with Gasteiger partial charge in [-0.2, -0.15) is 13.2 Å². The molecule has 0 saturated carbocycles. The van der Waals surface area contributed by atoms with Crippen molar-refractivity contribution in [2.24, 2.45) is 0 Å². The van der Waals surface area contributed by atoms with Gasteiger partial charge >= 0.3 is 12.3 Å². The molecule has 1 saturated heterocycles. The van der Waals surface area contributed by atoms with E-state index in [1.807, 2.05) is 0 Å². The van der Waals surface area contributed by atoms with E-state index in [0.717, 1.165) is 29.2 Å². The van der Waals surface area contributed by atoms with Crippen LogP contribution in [0.2, 0.25) is 0 Å². The fourth-order valence-corrected chi connectivity index (χ4v) is 3.77. The third-order valence-electron chi connectivity index (χ3n) is 5.56. The number of rotatable bonds is 6. The summed E-state index contributed by atoms with van der Waals surface area (Å²) in [5, 5.41) is 20.9. The van der Waals surface area contributed by atoms with Crippen molar-refractivity contribution in [1.29, 1.82) is 0 Å². The van der Waals surface area contributed by atoms with E-state index in [1.54, 1.807) is 11.9 Å². The number of carbonyl (C=O) groups is 1. The van der Waals surface area contributed by atoms with Crippen LogP contribution >= 0.6 is 0 Å². The Morgan fingerprint density at radius 1 is 1.24 bits per heavy atom. The molecule has 0 aromatic heterocycles. The SMILES string of the molecule is CN(C[C@H]1CN(c2c([N+](=O)[O-])ccc(Oc3ccccc3F)c2C(F)(F)F)CCN1C)C(=O)O. The number of amides is 1. The number of piperazine rings is 1. The lowest BCUT2D eigenvalue weighted by Crippen LogP contribution is -2.56. The molecule has 9 nitrogen and oxygen atoms in total. The maximum absolute atomic E-state index is 14.3. The number of likely N-dealkylation sites (N-methyl/N-ethyl adjacent to an activating group) is 2. The lowest BCUT2D eigenvalue weighted by molar-refractivity contribution is -0.384. The first-order chi connectivity index (χ1) is 15.9. The summed E-state index contributed by atoms with van der Waals surface area (Å²) >= 11 is 0. The molecule has 1 heterocycles. The number of anilines is 1. The Balaban J connectivity index is 2.11. The molecule has 1 fully saturated rings. The quantitative estimate of drug-likeness (QED) is 0.370. The molecular weight excluding hydrogens is 464 g/mol. The highest BCUT2D eigenvalue weighted by atomic mass is 19.4. The zero-order chi connectivity index (χ0) is 25.2. The number of para-hydroxylation sites is 1. The summed E-state index contributed by atoms with van der Waals surface area (Å²) in [7, 11) is 3.01. The highest BCUT2D eigenvalue weighted by Crippen LogP contribution is 2.48. The predicted octanol–water partition coefficient (Wildman–Crippen LogP) is 4.28. The monoisotopic (exact) mass is 486 g/mol. The molecule has 34 heavy (non-hydrogen) atoms. The summed E-state index contributed by atoms with van der Waals surface area (Å²) in [6.07, 6.45) is -6.29. The molecule has 13 heteroatoms. The molecule has 0 aliphatic carbocycles. The molecule has 2 aromatic carbocycles. The van der Waals surface area contributed by atoms with E-state index in [0.29, 0.717) is 0 Å². The minimum absolute atomic E-state index is 0.0108. The van der Waals surface area contributed by atoms with E-state index in [9.17, 15) is 32.5 Å². The van der Waals surface area contributed by atoms with Gasteiger partial charge in [0.2, 0.25) is 0 Å². The van der Waals surface area contributed by atoms with Crippen LogP contribution in [-0.2, 0) is 6.18 Å². The largest absolute Gasteiger partial charge is 0.465 e. The van der Waals surface area contributed by atoms with Crippen LogP contribution in [0.25, 0.3) is 0 Å². The summed E-state index contributed by atoms with van der Waals surface area (Å²) in [5.74, 6) is -2.14. The number of hydrogen-bond donors (Lipinski definition) is 1. The number of alkyl halides is 3. The Morgan fingerprint density at radius 3 is 2.50 bits per heavy atom. The second kappa shape index (κ2) is 9.71. The molecule has 1 aliphatic heterocycles. The number of benzene rings is 2. The Bertz CT molecular complexity index is 1080. The lowest BCUT2D eigenvalue weighted by atomic mass is 10.0. The van der Waals surface area contributed by atoms with Crippen LogP contribution in [0.1, 0.15) is 5.56 Å². The van der Waals surface area contributed by atoms with Crippen molar-refractivity contribution in [3.05, 3.63) is 57.9 Å². The third kappa shape index (κ3) is 5.30. The molecule has 0 unspecified atom stereocenters. The van der Waals surface area contributed by atoms with Crippen LogP contribution in [0, 0.1) is 15.9 Å². The highest BCUT2D eigenvalue weighted by Gasteiger charge is 2.44. The van der Waals surface area contributed by atoms with Crippen LogP contribution in [-0.4, -0.2) is 72.2 Å².